The highest BCUT2D eigenvalue weighted by Gasteiger charge is 2.12. The van der Waals surface area contributed by atoms with Gasteiger partial charge in [0.2, 0.25) is 0 Å². The second kappa shape index (κ2) is 8.48. The van der Waals surface area contributed by atoms with E-state index in [1.165, 1.54) is 0 Å². The van der Waals surface area contributed by atoms with Crippen LogP contribution in [0.25, 0.3) is 5.82 Å². The number of halogens is 3. The molecule has 0 aliphatic rings. The minimum atomic E-state index is 0.401. The number of imidazole rings is 1. The van der Waals surface area contributed by atoms with Gasteiger partial charge in [-0.2, -0.15) is 0 Å². The van der Waals surface area contributed by atoms with Gasteiger partial charge >= 0.3 is 0 Å². The summed E-state index contributed by atoms with van der Waals surface area (Å²) in [6.45, 7) is 8.17. The van der Waals surface area contributed by atoms with E-state index in [0.29, 0.717) is 34.0 Å². The van der Waals surface area contributed by atoms with Crippen LogP contribution in [0.5, 0.6) is 5.75 Å². The first-order valence-corrected chi connectivity index (χ1v) is 8.35. The molecule has 7 heteroatoms. The molecule has 1 aromatic heterocycles. The fourth-order valence-electron chi connectivity index (χ4n) is 2.14. The molecule has 1 aromatic carbocycles. The molecule has 0 saturated carbocycles. The molecular formula is C16H18Cl3N3O. The topological polar surface area (TPSA) is 30.3 Å². The first-order chi connectivity index (χ1) is 11.0. The molecule has 2 rings (SSSR count). The highest BCUT2D eigenvalue weighted by atomic mass is 35.5. The summed E-state index contributed by atoms with van der Waals surface area (Å²) in [5, 5.41) is 1.28. The molecule has 0 aliphatic heterocycles. The van der Waals surface area contributed by atoms with E-state index in [1.807, 2.05) is 10.8 Å². The molecule has 124 valence electrons. The lowest BCUT2D eigenvalue weighted by molar-refractivity contribution is 0.257. The zero-order valence-corrected chi connectivity index (χ0v) is 15.1. The predicted molar refractivity (Wildman–Crippen MR) is 96.4 cm³/mol. The average molecular weight is 375 g/mol. The molecule has 4 nitrogen and oxygen atoms in total. The van der Waals surface area contributed by atoms with E-state index in [1.54, 1.807) is 24.7 Å². The molecule has 0 fully saturated rings. The molecule has 0 unspecified atom stereocenters. The lowest BCUT2D eigenvalue weighted by atomic mass is 10.3. The maximum atomic E-state index is 6.12. The molecule has 0 aliphatic carbocycles. The van der Waals surface area contributed by atoms with Crippen LogP contribution in [0.15, 0.2) is 37.4 Å². The van der Waals surface area contributed by atoms with Crippen LogP contribution in [-0.4, -0.2) is 34.1 Å². The second-order valence-electron chi connectivity index (χ2n) is 4.92. The summed E-state index contributed by atoms with van der Waals surface area (Å²) in [4.78, 5) is 6.17. The van der Waals surface area contributed by atoms with Crippen molar-refractivity contribution in [3.63, 3.8) is 0 Å². The Morgan fingerprint density at radius 3 is 2.52 bits per heavy atom. The molecule has 0 bridgehead atoms. The maximum absolute atomic E-state index is 6.12. The Labute approximate surface area is 151 Å². The van der Waals surface area contributed by atoms with Crippen LogP contribution < -0.4 is 4.74 Å². The molecule has 0 amide bonds. The molecule has 0 radical (unpaired) electrons. The van der Waals surface area contributed by atoms with Crippen molar-refractivity contribution in [2.24, 2.45) is 0 Å². The lowest BCUT2D eigenvalue weighted by Crippen LogP contribution is -2.29. The van der Waals surface area contributed by atoms with E-state index < -0.39 is 0 Å². The van der Waals surface area contributed by atoms with E-state index in [0.717, 1.165) is 18.8 Å². The monoisotopic (exact) mass is 373 g/mol. The van der Waals surface area contributed by atoms with Crippen molar-refractivity contribution in [3.05, 3.63) is 52.5 Å². The second-order valence-corrected chi connectivity index (χ2v) is 6.17. The van der Waals surface area contributed by atoms with E-state index in [4.69, 9.17) is 39.5 Å². The molecule has 0 atom stereocenters. The largest absolute Gasteiger partial charge is 0.489 e. The van der Waals surface area contributed by atoms with E-state index in [9.17, 15) is 0 Å². The predicted octanol–water partition coefficient (Wildman–Crippen LogP) is 5.06. The summed E-state index contributed by atoms with van der Waals surface area (Å²) >= 11 is 18.1. The van der Waals surface area contributed by atoms with Gasteiger partial charge in [0.05, 0.1) is 16.6 Å². The number of rotatable bonds is 8. The fourth-order valence-corrected chi connectivity index (χ4v) is 3.07. The smallest absolute Gasteiger partial charge is 0.156 e. The van der Waals surface area contributed by atoms with Gasteiger partial charge in [-0.1, -0.05) is 48.3 Å². The quantitative estimate of drug-likeness (QED) is 0.647. The van der Waals surface area contributed by atoms with Crippen LogP contribution in [-0.2, 0) is 0 Å². The minimum Gasteiger partial charge on any atom is -0.489 e. The molecule has 23 heavy (non-hydrogen) atoms. The van der Waals surface area contributed by atoms with Crippen molar-refractivity contribution in [3.8, 4) is 5.75 Å². The summed E-state index contributed by atoms with van der Waals surface area (Å²) in [6, 6.07) is 3.22. The van der Waals surface area contributed by atoms with Crippen LogP contribution in [0.1, 0.15) is 13.3 Å². The number of nitrogens with zero attached hydrogens (tertiary/aromatic N) is 3. The maximum Gasteiger partial charge on any atom is 0.156 e. The normalized spacial score (nSPS) is 10.6. The van der Waals surface area contributed by atoms with Crippen molar-refractivity contribution < 1.29 is 4.74 Å². The van der Waals surface area contributed by atoms with Crippen molar-refractivity contribution in [1.82, 2.24) is 14.5 Å². The first kappa shape index (κ1) is 18.0. The van der Waals surface area contributed by atoms with Crippen molar-refractivity contribution in [1.29, 1.82) is 0 Å². The third-order valence-corrected chi connectivity index (χ3v) is 4.01. The third-order valence-electron chi connectivity index (χ3n) is 3.23. The Balaban J connectivity index is 1.99. The zero-order valence-electron chi connectivity index (χ0n) is 12.8. The highest BCUT2D eigenvalue weighted by molar-refractivity contribution is 6.40. The summed E-state index contributed by atoms with van der Waals surface area (Å²) < 4.78 is 7.61. The number of ether oxygens (including phenoxy) is 1. The standard InChI is InChI=1S/C16H18Cl3N3O/c1-3-5-21(12(2)22-6-4-20-11-22)7-8-23-16-14(18)9-13(17)10-15(16)19/h4,6,9-11H,2-3,5,7-8H2,1H3. The van der Waals surface area contributed by atoms with Crippen LogP contribution in [0, 0.1) is 0 Å². The number of aromatic nitrogens is 2. The van der Waals surface area contributed by atoms with Crippen LogP contribution in [0.4, 0.5) is 0 Å². The van der Waals surface area contributed by atoms with Gasteiger partial charge in [0.1, 0.15) is 18.8 Å². The summed E-state index contributed by atoms with van der Waals surface area (Å²) in [5.74, 6) is 1.30. The molecule has 2 aromatic rings. The van der Waals surface area contributed by atoms with Crippen LogP contribution >= 0.6 is 34.8 Å². The van der Waals surface area contributed by atoms with Crippen LogP contribution in [0.2, 0.25) is 15.1 Å². The van der Waals surface area contributed by atoms with E-state index in [2.05, 4.69) is 23.4 Å². The summed E-state index contributed by atoms with van der Waals surface area (Å²) in [5.41, 5.74) is 0. The Bertz CT molecular complexity index is 636. The fraction of sp³-hybridized carbons (Fsp3) is 0.312. The van der Waals surface area contributed by atoms with Crippen molar-refractivity contribution in [2.75, 3.05) is 19.7 Å². The molecule has 0 saturated heterocycles. The van der Waals surface area contributed by atoms with E-state index in [-0.39, 0.29) is 0 Å². The molecule has 1 heterocycles. The zero-order chi connectivity index (χ0) is 16.8. The van der Waals surface area contributed by atoms with Gasteiger partial charge in [-0.3, -0.25) is 4.57 Å². The number of hydrogen-bond acceptors (Lipinski definition) is 3. The van der Waals surface area contributed by atoms with Gasteiger partial charge in [-0.25, -0.2) is 4.98 Å². The van der Waals surface area contributed by atoms with Gasteiger partial charge in [-0.15, -0.1) is 0 Å². The highest BCUT2D eigenvalue weighted by Crippen LogP contribution is 2.35. The summed E-state index contributed by atoms with van der Waals surface area (Å²) in [6.07, 6.45) is 6.30. The molecule has 0 spiro atoms. The Kier molecular flexibility index (Phi) is 6.63. The van der Waals surface area contributed by atoms with Gasteiger partial charge in [0, 0.05) is 24.0 Å². The van der Waals surface area contributed by atoms with Gasteiger partial charge in [-0.05, 0) is 18.6 Å². The first-order valence-electron chi connectivity index (χ1n) is 7.22. The average Bonchev–Trinajstić information content (AvgIpc) is 3.02. The SMILES string of the molecule is C=C(N(CCC)CCOc1c(Cl)cc(Cl)cc1Cl)n1ccnc1. The van der Waals surface area contributed by atoms with Gasteiger partial charge in [0.25, 0.3) is 0 Å². The Hall–Kier alpha value is -1.36. The molecular weight excluding hydrogens is 357 g/mol. The van der Waals surface area contributed by atoms with Crippen molar-refractivity contribution in [2.45, 2.75) is 13.3 Å². The number of hydrogen-bond donors (Lipinski definition) is 0. The van der Waals surface area contributed by atoms with Crippen LogP contribution in [0.3, 0.4) is 0 Å². The number of benzene rings is 1. The Morgan fingerprint density at radius 1 is 1.26 bits per heavy atom. The lowest BCUT2D eigenvalue weighted by Gasteiger charge is -2.26. The van der Waals surface area contributed by atoms with E-state index >= 15 is 0 Å². The van der Waals surface area contributed by atoms with Gasteiger partial charge < -0.3 is 9.64 Å². The third kappa shape index (κ3) is 4.80. The molecule has 0 N–H and O–H groups in total. The summed E-state index contributed by atoms with van der Waals surface area (Å²) in [7, 11) is 0. The Morgan fingerprint density at radius 2 is 1.96 bits per heavy atom. The van der Waals surface area contributed by atoms with Crippen molar-refractivity contribution >= 4 is 40.6 Å². The minimum absolute atomic E-state index is 0.401. The van der Waals surface area contributed by atoms with Gasteiger partial charge in [0.15, 0.2) is 5.75 Å².